The third-order valence-corrected chi connectivity index (χ3v) is 6.47. The molecule has 0 amide bonds. The SMILES string of the molecule is CN=C(NCc1cccnc1N1CCN(C)CC1)NCC1(CCOC)CCCC1.I. The summed E-state index contributed by atoms with van der Waals surface area (Å²) in [5.41, 5.74) is 1.56. The van der Waals surface area contributed by atoms with E-state index in [1.807, 2.05) is 19.3 Å². The van der Waals surface area contributed by atoms with Gasteiger partial charge >= 0.3 is 0 Å². The maximum absolute atomic E-state index is 5.36. The Morgan fingerprint density at radius 3 is 2.60 bits per heavy atom. The Balaban J connectivity index is 0.00000320. The monoisotopic (exact) mass is 530 g/mol. The fourth-order valence-corrected chi connectivity index (χ4v) is 4.50. The van der Waals surface area contributed by atoms with Crippen LogP contribution in [0, 0.1) is 5.41 Å². The van der Waals surface area contributed by atoms with Crippen molar-refractivity contribution in [3.05, 3.63) is 23.9 Å². The summed E-state index contributed by atoms with van der Waals surface area (Å²) < 4.78 is 5.36. The summed E-state index contributed by atoms with van der Waals surface area (Å²) in [4.78, 5) is 13.9. The molecule has 2 heterocycles. The smallest absolute Gasteiger partial charge is 0.191 e. The van der Waals surface area contributed by atoms with Crippen molar-refractivity contribution in [1.29, 1.82) is 0 Å². The number of aromatic nitrogens is 1. The maximum atomic E-state index is 5.36. The van der Waals surface area contributed by atoms with E-state index in [4.69, 9.17) is 4.74 Å². The highest BCUT2D eigenvalue weighted by molar-refractivity contribution is 14.0. The Kier molecular flexibility index (Phi) is 10.6. The van der Waals surface area contributed by atoms with Crippen LogP contribution in [-0.4, -0.2) is 76.4 Å². The van der Waals surface area contributed by atoms with Gasteiger partial charge < -0.3 is 25.2 Å². The molecule has 30 heavy (non-hydrogen) atoms. The standard InChI is InChI=1S/C22H38N6O.HI/c1-23-21(26-18-22(10-16-29-3)8-4-5-9-22)25-17-19-7-6-11-24-20(19)28-14-12-27(2)13-15-28;/h6-7,11H,4-5,8-10,12-18H2,1-3H3,(H2,23,25,26);1H. The minimum atomic E-state index is 0. The van der Waals surface area contributed by atoms with Crippen molar-refractivity contribution in [2.24, 2.45) is 10.4 Å². The number of hydrogen-bond donors (Lipinski definition) is 2. The molecule has 0 aromatic carbocycles. The molecule has 0 atom stereocenters. The van der Waals surface area contributed by atoms with E-state index in [2.05, 4.69) is 43.5 Å². The van der Waals surface area contributed by atoms with Crippen molar-refractivity contribution >= 4 is 35.8 Å². The van der Waals surface area contributed by atoms with Crippen LogP contribution in [0.3, 0.4) is 0 Å². The molecule has 2 fully saturated rings. The molecule has 1 saturated heterocycles. The van der Waals surface area contributed by atoms with Gasteiger partial charge in [-0.2, -0.15) is 0 Å². The van der Waals surface area contributed by atoms with Crippen LogP contribution in [0.15, 0.2) is 23.3 Å². The number of aliphatic imine (C=N–C) groups is 1. The zero-order valence-electron chi connectivity index (χ0n) is 18.8. The van der Waals surface area contributed by atoms with E-state index in [0.717, 1.165) is 64.1 Å². The van der Waals surface area contributed by atoms with Crippen molar-refractivity contribution in [2.75, 3.05) is 65.4 Å². The van der Waals surface area contributed by atoms with E-state index < -0.39 is 0 Å². The second-order valence-corrected chi connectivity index (χ2v) is 8.51. The predicted octanol–water partition coefficient (Wildman–Crippen LogP) is 2.71. The van der Waals surface area contributed by atoms with Crippen LogP contribution in [0.5, 0.6) is 0 Å². The molecule has 1 aromatic rings. The number of nitrogens with one attached hydrogen (secondary N) is 2. The number of nitrogens with zero attached hydrogens (tertiary/aromatic N) is 4. The Morgan fingerprint density at radius 1 is 1.20 bits per heavy atom. The van der Waals surface area contributed by atoms with Gasteiger partial charge in [0.15, 0.2) is 5.96 Å². The van der Waals surface area contributed by atoms with Crippen LogP contribution in [0.1, 0.15) is 37.7 Å². The first-order chi connectivity index (χ1) is 14.2. The van der Waals surface area contributed by atoms with Crippen LogP contribution in [0.4, 0.5) is 5.82 Å². The highest BCUT2D eigenvalue weighted by Crippen LogP contribution is 2.40. The minimum absolute atomic E-state index is 0. The van der Waals surface area contributed by atoms with E-state index in [9.17, 15) is 0 Å². The summed E-state index contributed by atoms with van der Waals surface area (Å²) in [6.07, 6.45) is 8.20. The van der Waals surface area contributed by atoms with Gasteiger partial charge in [0.05, 0.1) is 0 Å². The van der Waals surface area contributed by atoms with E-state index in [1.54, 1.807) is 7.11 Å². The van der Waals surface area contributed by atoms with Gasteiger partial charge in [-0.3, -0.25) is 4.99 Å². The molecular formula is C22H39IN6O. The number of piperazine rings is 1. The summed E-state index contributed by atoms with van der Waals surface area (Å²) in [6, 6.07) is 4.18. The van der Waals surface area contributed by atoms with Crippen molar-refractivity contribution < 1.29 is 4.74 Å². The first-order valence-corrected chi connectivity index (χ1v) is 11.0. The molecule has 0 spiro atoms. The number of anilines is 1. The van der Waals surface area contributed by atoms with Crippen LogP contribution in [0.25, 0.3) is 0 Å². The lowest BCUT2D eigenvalue weighted by atomic mass is 9.83. The van der Waals surface area contributed by atoms with Crippen molar-refractivity contribution in [3.8, 4) is 0 Å². The fourth-order valence-electron chi connectivity index (χ4n) is 4.50. The van der Waals surface area contributed by atoms with Gasteiger partial charge in [0.1, 0.15) is 5.82 Å². The second-order valence-electron chi connectivity index (χ2n) is 8.51. The quantitative estimate of drug-likeness (QED) is 0.306. The van der Waals surface area contributed by atoms with Gasteiger partial charge in [0.25, 0.3) is 0 Å². The lowest BCUT2D eigenvalue weighted by Gasteiger charge is -2.34. The van der Waals surface area contributed by atoms with Gasteiger partial charge in [-0.15, -0.1) is 24.0 Å². The van der Waals surface area contributed by atoms with Crippen molar-refractivity contribution in [3.63, 3.8) is 0 Å². The number of ether oxygens (including phenoxy) is 1. The lowest BCUT2D eigenvalue weighted by molar-refractivity contribution is 0.138. The molecule has 1 aromatic heterocycles. The third-order valence-electron chi connectivity index (χ3n) is 6.47. The van der Waals surface area contributed by atoms with Crippen LogP contribution >= 0.6 is 24.0 Å². The van der Waals surface area contributed by atoms with Gasteiger partial charge in [-0.05, 0) is 37.8 Å². The highest BCUT2D eigenvalue weighted by Gasteiger charge is 2.33. The molecule has 1 aliphatic heterocycles. The highest BCUT2D eigenvalue weighted by atomic mass is 127. The van der Waals surface area contributed by atoms with E-state index in [0.29, 0.717) is 5.41 Å². The molecule has 2 aliphatic rings. The van der Waals surface area contributed by atoms with Gasteiger partial charge in [0.2, 0.25) is 0 Å². The number of methoxy groups -OCH3 is 1. The molecule has 2 N–H and O–H groups in total. The predicted molar refractivity (Wildman–Crippen MR) is 135 cm³/mol. The number of rotatable bonds is 8. The van der Waals surface area contributed by atoms with Gasteiger partial charge in [-0.1, -0.05) is 18.9 Å². The Labute approximate surface area is 199 Å². The molecule has 0 radical (unpaired) electrons. The topological polar surface area (TPSA) is 65.0 Å². The Bertz CT molecular complexity index is 657. The van der Waals surface area contributed by atoms with Gasteiger partial charge in [0, 0.05) is 71.8 Å². The number of pyridine rings is 1. The first kappa shape index (κ1) is 25.1. The average Bonchev–Trinajstić information content (AvgIpc) is 3.22. The van der Waals surface area contributed by atoms with Crippen molar-refractivity contribution in [1.82, 2.24) is 20.5 Å². The summed E-state index contributed by atoms with van der Waals surface area (Å²) in [5, 5.41) is 7.08. The van der Waals surface area contributed by atoms with E-state index >= 15 is 0 Å². The lowest BCUT2D eigenvalue weighted by Crippen LogP contribution is -2.46. The zero-order chi connectivity index (χ0) is 20.5. The summed E-state index contributed by atoms with van der Waals surface area (Å²) in [5.74, 6) is 1.96. The molecule has 8 heteroatoms. The summed E-state index contributed by atoms with van der Waals surface area (Å²) in [6.45, 7) is 6.71. The molecule has 0 bridgehead atoms. The largest absolute Gasteiger partial charge is 0.385 e. The average molecular weight is 530 g/mol. The molecular weight excluding hydrogens is 491 g/mol. The van der Waals surface area contributed by atoms with Crippen LogP contribution in [0.2, 0.25) is 0 Å². The van der Waals surface area contributed by atoms with E-state index in [-0.39, 0.29) is 24.0 Å². The zero-order valence-corrected chi connectivity index (χ0v) is 21.2. The molecule has 3 rings (SSSR count). The fraction of sp³-hybridized carbons (Fsp3) is 0.727. The Morgan fingerprint density at radius 2 is 1.93 bits per heavy atom. The number of guanidine groups is 1. The molecule has 7 nitrogen and oxygen atoms in total. The van der Waals surface area contributed by atoms with Crippen LogP contribution in [-0.2, 0) is 11.3 Å². The third kappa shape index (κ3) is 6.95. The number of hydrogen-bond acceptors (Lipinski definition) is 5. The normalized spacial score (nSPS) is 19.4. The summed E-state index contributed by atoms with van der Waals surface area (Å²) >= 11 is 0. The molecule has 1 saturated carbocycles. The van der Waals surface area contributed by atoms with Crippen molar-refractivity contribution in [2.45, 2.75) is 38.6 Å². The molecule has 1 aliphatic carbocycles. The number of halogens is 1. The minimum Gasteiger partial charge on any atom is -0.385 e. The van der Waals surface area contributed by atoms with E-state index in [1.165, 1.54) is 31.2 Å². The first-order valence-electron chi connectivity index (χ1n) is 11.0. The molecule has 0 unspecified atom stereocenters. The second kappa shape index (κ2) is 12.7. The summed E-state index contributed by atoms with van der Waals surface area (Å²) in [7, 11) is 5.82. The Hall–Kier alpha value is -1.13. The van der Waals surface area contributed by atoms with Crippen LogP contribution < -0.4 is 15.5 Å². The maximum Gasteiger partial charge on any atom is 0.191 e. The van der Waals surface area contributed by atoms with Gasteiger partial charge in [-0.25, -0.2) is 4.98 Å². The molecule has 170 valence electrons. The number of likely N-dealkylation sites (N-methyl/N-ethyl adjacent to an activating group) is 1.